The minimum absolute atomic E-state index is 0. The van der Waals surface area contributed by atoms with Crippen molar-refractivity contribution in [1.82, 2.24) is 34.9 Å². The van der Waals surface area contributed by atoms with Gasteiger partial charge in [-0.1, -0.05) is 0 Å². The topological polar surface area (TPSA) is 386 Å². The van der Waals surface area contributed by atoms with Crippen LogP contribution in [0.2, 0.25) is 0 Å². The van der Waals surface area contributed by atoms with Crippen molar-refractivity contribution in [2.24, 2.45) is 0 Å². The summed E-state index contributed by atoms with van der Waals surface area (Å²) < 4.78 is 36.2. The maximum Gasteiger partial charge on any atom is 0.340 e. The number of pyridine rings is 7. The van der Waals surface area contributed by atoms with Gasteiger partial charge in [-0.15, -0.1) is 12.4 Å². The van der Waals surface area contributed by atoms with Crippen LogP contribution in [0.3, 0.4) is 0 Å². The Bertz CT molecular complexity index is 2700. The lowest BCUT2D eigenvalue weighted by molar-refractivity contribution is -0.223. The van der Waals surface area contributed by atoms with Crippen LogP contribution in [-0.2, 0) is 28.4 Å². The van der Waals surface area contributed by atoms with Gasteiger partial charge < -0.3 is 59.1 Å². The lowest BCUT2D eigenvalue weighted by Gasteiger charge is -2.47. The molecule has 7 aromatic rings. The van der Waals surface area contributed by atoms with Crippen LogP contribution in [-0.4, -0.2) is 180 Å². The third kappa shape index (κ3) is 16.0. The first-order valence-corrected chi connectivity index (χ1v) is 24.3. The highest BCUT2D eigenvalue weighted by molar-refractivity contribution is 6.67. The summed E-state index contributed by atoms with van der Waals surface area (Å²) in [6, 6.07) is 20.1. The maximum absolute atomic E-state index is 14.0. The van der Waals surface area contributed by atoms with E-state index in [2.05, 4.69) is 34.9 Å². The number of carbonyl (C=O) groups excluding carboxylic acids is 7. The molecular weight excluding hydrogens is 1120 g/mol. The lowest BCUT2D eigenvalue weighted by Crippen LogP contribution is -2.69. The second-order valence-electron chi connectivity index (χ2n) is 17.1. The Morgan fingerprint density at radius 3 is 0.549 bits per heavy atom. The number of halogens is 2. The Hall–Kier alpha value is -9.12. The number of hydrogen-bond acceptors (Lipinski definition) is 26. The van der Waals surface area contributed by atoms with Crippen molar-refractivity contribution in [3.8, 4) is 0 Å². The van der Waals surface area contributed by atoms with Crippen LogP contribution in [0.4, 0.5) is 0 Å². The normalized spacial score (nSPS) is 23.3. The fraction of sp³-hybridized carbons (Fsp3) is 0.222. The van der Waals surface area contributed by atoms with E-state index in [1.54, 1.807) is 18.3 Å². The van der Waals surface area contributed by atoms with Crippen molar-refractivity contribution < 1.29 is 92.6 Å². The van der Waals surface area contributed by atoms with Gasteiger partial charge in [-0.05, 0) is 96.5 Å². The van der Waals surface area contributed by atoms with Gasteiger partial charge in [0, 0.05) is 86.8 Å². The first-order chi connectivity index (χ1) is 39.0. The summed E-state index contributed by atoms with van der Waals surface area (Å²) in [5.41, 5.74) is -0.208. The second-order valence-corrected chi connectivity index (χ2v) is 17.5. The molecule has 6 N–H and O–H groups in total. The van der Waals surface area contributed by atoms with Crippen molar-refractivity contribution in [2.45, 2.75) is 73.2 Å². The zero-order valence-corrected chi connectivity index (χ0v) is 43.6. The molecule has 2 aliphatic rings. The number of rotatable bonds is 13. The average molecular weight is 1170 g/mol. The second kappa shape index (κ2) is 29.9. The van der Waals surface area contributed by atoms with Crippen molar-refractivity contribution in [2.75, 3.05) is 0 Å². The van der Waals surface area contributed by atoms with Crippen LogP contribution in [0.1, 0.15) is 72.5 Å². The van der Waals surface area contributed by atoms with E-state index in [4.69, 9.17) is 70.7 Å². The first kappa shape index (κ1) is 62.1. The predicted molar refractivity (Wildman–Crippen MR) is 278 cm³/mol. The van der Waals surface area contributed by atoms with Gasteiger partial charge in [0.15, 0.2) is 36.6 Å². The molecule has 7 aromatic heterocycles. The minimum Gasteiger partial charge on any atom is -0.450 e. The van der Waals surface area contributed by atoms with E-state index in [-0.39, 0.29) is 45.8 Å². The quantitative estimate of drug-likeness (QED) is 0.0544. The van der Waals surface area contributed by atoms with E-state index in [0.717, 1.165) is 0 Å². The average Bonchev–Trinajstić information content (AvgIpc) is 3.69. The van der Waals surface area contributed by atoms with E-state index in [0.29, 0.717) is 5.56 Å². The van der Waals surface area contributed by atoms with E-state index >= 15 is 0 Å². The molecule has 26 nitrogen and oxygen atoms in total. The molecule has 0 amide bonds. The Morgan fingerprint density at radius 1 is 0.293 bits per heavy atom. The maximum atomic E-state index is 14.0. The van der Waals surface area contributed by atoms with Crippen LogP contribution >= 0.6 is 24.0 Å². The number of esters is 6. The standard InChI is InChI=1S/C42H30N6O12.C6H4ClNO.C6H12O6.ClH/c49-37(25-7-1-13-43-19-25)55-31-32(56-38(50)26-8-2-14-44-20-26)34(58-40(52)28-10-4-16-46-22-28)36(60-42(54)30-12-6-18-48-24-30)35(59-41(53)29-11-5-17-47-23-29)33(31)57-39(51)27-9-3-15-45-21-27;7-6(9)5-2-1-3-8-4-5;7-1-2(8)4(10)6(12)5(11)3(1)9;/h1-24,31-36H;1-4H;1-12H;1H. The van der Waals surface area contributed by atoms with E-state index in [9.17, 15) is 33.6 Å². The molecule has 0 unspecified atom stereocenters. The summed E-state index contributed by atoms with van der Waals surface area (Å²) in [5.74, 6) is -6.51. The molecule has 28 heteroatoms. The number of ether oxygens (including phenoxy) is 6. The Labute approximate surface area is 474 Å². The highest BCUT2D eigenvalue weighted by atomic mass is 35.5. The third-order valence-electron chi connectivity index (χ3n) is 11.8. The largest absolute Gasteiger partial charge is 0.450 e. The summed E-state index contributed by atoms with van der Waals surface area (Å²) >= 11 is 5.12. The van der Waals surface area contributed by atoms with Gasteiger partial charge in [0.1, 0.15) is 36.6 Å². The smallest absolute Gasteiger partial charge is 0.340 e. The molecule has 426 valence electrons. The molecule has 82 heavy (non-hydrogen) atoms. The summed E-state index contributed by atoms with van der Waals surface area (Å²) in [5, 5.41) is 53.4. The number of nitrogens with zero attached hydrogens (tertiary/aromatic N) is 7. The monoisotopic (exact) mass is 1170 g/mol. The van der Waals surface area contributed by atoms with Gasteiger partial charge in [-0.25, -0.2) is 28.8 Å². The van der Waals surface area contributed by atoms with E-state index in [1.807, 2.05) is 0 Å². The fourth-order valence-corrected chi connectivity index (χ4v) is 7.78. The Balaban J connectivity index is 0.000000409. The molecule has 0 saturated heterocycles. The lowest BCUT2D eigenvalue weighted by atomic mass is 9.83. The predicted octanol–water partition coefficient (Wildman–Crippen LogP) is 1.77. The van der Waals surface area contributed by atoms with Gasteiger partial charge >= 0.3 is 35.8 Å². The SMILES string of the molecule is Cl.O=C(Cl)c1cccnc1.O=C(OC1C(OC(=O)c2cccnc2)C(OC(=O)c2cccnc2)C(OC(=O)c2cccnc2)C(OC(=O)c2cccnc2)C1OC(=O)c1cccnc1)c1cccnc1.OC1C(O)C(O)C(O)C(O)C1O. The number of carbonyl (C=O) groups is 7. The molecule has 2 saturated carbocycles. The molecule has 7 heterocycles. The van der Waals surface area contributed by atoms with E-state index in [1.165, 1.54) is 153 Å². The molecule has 0 radical (unpaired) electrons. The molecule has 9 rings (SSSR count). The van der Waals surface area contributed by atoms with Crippen LogP contribution in [0.15, 0.2) is 172 Å². The van der Waals surface area contributed by atoms with Crippen molar-refractivity contribution in [1.29, 1.82) is 0 Å². The van der Waals surface area contributed by atoms with Crippen molar-refractivity contribution in [3.63, 3.8) is 0 Å². The molecular formula is C54H47Cl2N7O19. The fourth-order valence-electron chi connectivity index (χ4n) is 7.67. The number of aromatic nitrogens is 7. The molecule has 2 fully saturated rings. The van der Waals surface area contributed by atoms with Gasteiger partial charge in [0.2, 0.25) is 0 Å². The van der Waals surface area contributed by atoms with Crippen LogP contribution < -0.4 is 0 Å². The Morgan fingerprint density at radius 2 is 0.439 bits per heavy atom. The van der Waals surface area contributed by atoms with Gasteiger partial charge in [-0.2, -0.15) is 0 Å². The first-order valence-electron chi connectivity index (χ1n) is 23.9. The molecule has 0 spiro atoms. The van der Waals surface area contributed by atoms with Gasteiger partial charge in [0.05, 0.1) is 38.9 Å². The molecule has 0 atom stereocenters. The van der Waals surface area contributed by atoms with Crippen LogP contribution in [0, 0.1) is 0 Å². The summed E-state index contributed by atoms with van der Waals surface area (Å²) in [4.78, 5) is 122. The summed E-state index contributed by atoms with van der Waals surface area (Å²) in [7, 11) is 0. The Kier molecular flexibility index (Phi) is 22.6. The van der Waals surface area contributed by atoms with E-state index < -0.39 is 114 Å². The number of hydrogen-bond donors (Lipinski definition) is 6. The van der Waals surface area contributed by atoms with Crippen molar-refractivity contribution in [3.05, 3.63) is 211 Å². The highest BCUT2D eigenvalue weighted by Gasteiger charge is 2.62. The van der Waals surface area contributed by atoms with Gasteiger partial charge in [-0.3, -0.25) is 39.7 Å². The minimum atomic E-state index is -1.99. The number of aliphatic hydroxyl groups excluding tert-OH is 6. The molecule has 2 aliphatic carbocycles. The zero-order chi connectivity index (χ0) is 58.0. The van der Waals surface area contributed by atoms with Crippen LogP contribution in [0.25, 0.3) is 0 Å². The highest BCUT2D eigenvalue weighted by Crippen LogP contribution is 2.37. The van der Waals surface area contributed by atoms with Crippen LogP contribution in [0.5, 0.6) is 0 Å². The summed E-state index contributed by atoms with van der Waals surface area (Å²) in [6.45, 7) is 0. The zero-order valence-electron chi connectivity index (χ0n) is 42.0. The van der Waals surface area contributed by atoms with Crippen molar-refractivity contribution >= 4 is 65.1 Å². The molecule has 0 aromatic carbocycles. The molecule has 0 aliphatic heterocycles. The molecule has 0 bridgehead atoms. The summed E-state index contributed by atoms with van der Waals surface area (Å²) in [6.07, 6.45) is -3.33. The number of aliphatic hydroxyl groups is 6. The third-order valence-corrected chi connectivity index (χ3v) is 12.0. The van der Waals surface area contributed by atoms with Gasteiger partial charge in [0.25, 0.3) is 5.24 Å².